The van der Waals surface area contributed by atoms with Crippen LogP contribution in [0, 0.1) is 11.3 Å². The van der Waals surface area contributed by atoms with Crippen LogP contribution in [0.5, 0.6) is 5.75 Å². The number of pyridine rings is 2. The maximum atomic E-state index is 12.0. The zero-order chi connectivity index (χ0) is 22.9. The van der Waals surface area contributed by atoms with Crippen molar-refractivity contribution in [2.45, 2.75) is 26.1 Å². The summed E-state index contributed by atoms with van der Waals surface area (Å²) in [6.07, 6.45) is 6.07. The standard InChI is InChI=1S/C24H21N7O2/c1-3-23(32)29-8-9-30-19(15-29)11-21(28-30)17-10-22(24-18(12-25)13-27-31(24)14-17)33-16(2)20-6-4-5-7-26-20/h3-7,10-11,13-14,16H,1,8-9,15H2,2H3. The van der Waals surface area contributed by atoms with Crippen molar-refractivity contribution >= 4 is 11.4 Å². The molecule has 9 heteroatoms. The van der Waals surface area contributed by atoms with E-state index >= 15 is 0 Å². The fourth-order valence-corrected chi connectivity index (χ4v) is 3.99. The predicted octanol–water partition coefficient (Wildman–Crippen LogP) is 3.13. The zero-order valence-electron chi connectivity index (χ0n) is 18.0. The molecule has 1 unspecified atom stereocenters. The fourth-order valence-electron chi connectivity index (χ4n) is 3.99. The minimum atomic E-state index is -0.333. The number of amides is 1. The summed E-state index contributed by atoms with van der Waals surface area (Å²) in [5, 5.41) is 18.6. The van der Waals surface area contributed by atoms with Crippen LogP contribution >= 0.6 is 0 Å². The Morgan fingerprint density at radius 3 is 2.97 bits per heavy atom. The molecule has 4 aromatic rings. The summed E-state index contributed by atoms with van der Waals surface area (Å²) in [6, 6.07) is 11.7. The van der Waals surface area contributed by atoms with Gasteiger partial charge in [0.25, 0.3) is 0 Å². The van der Waals surface area contributed by atoms with Crippen molar-refractivity contribution in [2.75, 3.05) is 6.54 Å². The third-order valence-electron chi connectivity index (χ3n) is 5.69. The number of hydrogen-bond donors (Lipinski definition) is 0. The average Bonchev–Trinajstić information content (AvgIpc) is 3.47. The maximum Gasteiger partial charge on any atom is 0.246 e. The smallest absolute Gasteiger partial charge is 0.246 e. The van der Waals surface area contributed by atoms with Crippen LogP contribution in [0.2, 0.25) is 0 Å². The van der Waals surface area contributed by atoms with Gasteiger partial charge in [-0.15, -0.1) is 0 Å². The summed E-state index contributed by atoms with van der Waals surface area (Å²) in [6.45, 7) is 7.15. The molecule has 164 valence electrons. The summed E-state index contributed by atoms with van der Waals surface area (Å²) < 4.78 is 9.82. The van der Waals surface area contributed by atoms with E-state index in [9.17, 15) is 10.1 Å². The molecule has 0 N–H and O–H groups in total. The van der Waals surface area contributed by atoms with Crippen molar-refractivity contribution in [2.24, 2.45) is 0 Å². The first kappa shape index (κ1) is 20.5. The Bertz CT molecular complexity index is 1400. The number of carbonyl (C=O) groups excluding carboxylic acids is 1. The first-order chi connectivity index (χ1) is 16.1. The maximum absolute atomic E-state index is 12.0. The molecule has 33 heavy (non-hydrogen) atoms. The van der Waals surface area contributed by atoms with E-state index in [0.29, 0.717) is 36.5 Å². The third-order valence-corrected chi connectivity index (χ3v) is 5.69. The van der Waals surface area contributed by atoms with Gasteiger partial charge in [-0.1, -0.05) is 12.6 Å². The van der Waals surface area contributed by atoms with Gasteiger partial charge in [0, 0.05) is 24.5 Å². The molecule has 1 aliphatic rings. The number of carbonyl (C=O) groups is 1. The van der Waals surface area contributed by atoms with Crippen molar-refractivity contribution in [3.05, 3.63) is 78.5 Å². The van der Waals surface area contributed by atoms with Gasteiger partial charge in [0.05, 0.1) is 36.4 Å². The molecule has 1 atom stereocenters. The third kappa shape index (κ3) is 3.72. The zero-order valence-corrected chi connectivity index (χ0v) is 18.0. The largest absolute Gasteiger partial charge is 0.482 e. The second-order valence-corrected chi connectivity index (χ2v) is 7.78. The number of aromatic nitrogens is 5. The number of nitriles is 1. The number of ether oxygens (including phenoxy) is 1. The van der Waals surface area contributed by atoms with Crippen LogP contribution in [-0.2, 0) is 17.9 Å². The SMILES string of the molecule is C=CC(=O)N1CCn2nc(-c3cc(OC(C)c4ccccn4)c4c(C#N)cnn4c3)cc2C1. The van der Waals surface area contributed by atoms with Crippen LogP contribution < -0.4 is 4.74 Å². The summed E-state index contributed by atoms with van der Waals surface area (Å²) in [4.78, 5) is 18.1. The van der Waals surface area contributed by atoms with Gasteiger partial charge in [0.15, 0.2) is 0 Å². The molecule has 5 rings (SSSR count). The molecule has 0 saturated carbocycles. The highest BCUT2D eigenvalue weighted by molar-refractivity contribution is 5.87. The van der Waals surface area contributed by atoms with Gasteiger partial charge in [-0.2, -0.15) is 15.5 Å². The minimum absolute atomic E-state index is 0.0924. The van der Waals surface area contributed by atoms with Crippen molar-refractivity contribution in [3.63, 3.8) is 0 Å². The Morgan fingerprint density at radius 2 is 2.21 bits per heavy atom. The second kappa shape index (κ2) is 8.24. The first-order valence-electron chi connectivity index (χ1n) is 10.5. The molecule has 0 fully saturated rings. The lowest BCUT2D eigenvalue weighted by molar-refractivity contribution is -0.127. The molecular formula is C24H21N7O2. The van der Waals surface area contributed by atoms with Gasteiger partial charge in [-0.3, -0.25) is 14.5 Å². The summed E-state index contributed by atoms with van der Waals surface area (Å²) >= 11 is 0. The van der Waals surface area contributed by atoms with Crippen LogP contribution in [0.25, 0.3) is 16.8 Å². The lowest BCUT2D eigenvalue weighted by Crippen LogP contribution is -2.37. The normalized spacial score (nSPS) is 13.9. The molecule has 0 radical (unpaired) electrons. The number of hydrogen-bond acceptors (Lipinski definition) is 6. The number of nitrogens with zero attached hydrogens (tertiary/aromatic N) is 7. The van der Waals surface area contributed by atoms with E-state index in [1.807, 2.05) is 48.1 Å². The van der Waals surface area contributed by atoms with E-state index in [4.69, 9.17) is 9.84 Å². The Morgan fingerprint density at radius 1 is 1.33 bits per heavy atom. The van der Waals surface area contributed by atoms with Crippen molar-refractivity contribution in [3.8, 4) is 23.1 Å². The predicted molar refractivity (Wildman–Crippen MR) is 120 cm³/mol. The van der Waals surface area contributed by atoms with Crippen molar-refractivity contribution in [1.29, 1.82) is 5.26 Å². The molecule has 4 aromatic heterocycles. The van der Waals surface area contributed by atoms with Gasteiger partial charge in [0.2, 0.25) is 5.91 Å². The van der Waals surface area contributed by atoms with Gasteiger partial charge < -0.3 is 9.64 Å². The quantitative estimate of drug-likeness (QED) is 0.443. The molecule has 1 amide bonds. The van der Waals surface area contributed by atoms with Crippen LogP contribution in [0.4, 0.5) is 0 Å². The van der Waals surface area contributed by atoms with E-state index in [-0.39, 0.29) is 12.0 Å². The summed E-state index contributed by atoms with van der Waals surface area (Å²) in [5.74, 6) is 0.430. The van der Waals surface area contributed by atoms with Crippen LogP contribution in [0.15, 0.2) is 61.6 Å². The van der Waals surface area contributed by atoms with E-state index in [1.54, 1.807) is 15.6 Å². The lowest BCUT2D eigenvalue weighted by Gasteiger charge is -2.26. The highest BCUT2D eigenvalue weighted by atomic mass is 16.5. The molecule has 0 bridgehead atoms. The van der Waals surface area contributed by atoms with Crippen molar-refractivity contribution in [1.82, 2.24) is 29.3 Å². The molecule has 5 heterocycles. The highest BCUT2D eigenvalue weighted by Crippen LogP contribution is 2.33. The van der Waals surface area contributed by atoms with E-state index in [1.165, 1.54) is 12.3 Å². The average molecular weight is 439 g/mol. The Balaban J connectivity index is 1.54. The van der Waals surface area contributed by atoms with Gasteiger partial charge >= 0.3 is 0 Å². The van der Waals surface area contributed by atoms with Crippen LogP contribution in [-0.4, -0.2) is 41.7 Å². The monoisotopic (exact) mass is 439 g/mol. The van der Waals surface area contributed by atoms with Gasteiger partial charge in [0.1, 0.15) is 29.0 Å². The first-order valence-corrected chi connectivity index (χ1v) is 10.5. The molecule has 0 saturated heterocycles. The lowest BCUT2D eigenvalue weighted by atomic mass is 10.1. The topological polar surface area (TPSA) is 101 Å². The van der Waals surface area contributed by atoms with E-state index in [2.05, 4.69) is 22.7 Å². The summed E-state index contributed by atoms with van der Waals surface area (Å²) in [5.41, 5.74) is 4.27. The molecule has 1 aliphatic heterocycles. The Labute approximate surface area is 190 Å². The number of fused-ring (bicyclic) bond motifs is 2. The van der Waals surface area contributed by atoms with Crippen molar-refractivity contribution < 1.29 is 9.53 Å². The molecular weight excluding hydrogens is 418 g/mol. The summed E-state index contributed by atoms with van der Waals surface area (Å²) in [7, 11) is 0. The second-order valence-electron chi connectivity index (χ2n) is 7.78. The molecule has 9 nitrogen and oxygen atoms in total. The van der Waals surface area contributed by atoms with Crippen LogP contribution in [0.1, 0.15) is 30.0 Å². The van der Waals surface area contributed by atoms with Gasteiger partial charge in [-0.25, -0.2) is 4.52 Å². The molecule has 0 aromatic carbocycles. The molecule has 0 aliphatic carbocycles. The Hall–Kier alpha value is -4.45. The minimum Gasteiger partial charge on any atom is -0.482 e. The van der Waals surface area contributed by atoms with Gasteiger partial charge in [-0.05, 0) is 37.3 Å². The highest BCUT2D eigenvalue weighted by Gasteiger charge is 2.23. The van der Waals surface area contributed by atoms with E-state index < -0.39 is 0 Å². The number of rotatable bonds is 5. The van der Waals surface area contributed by atoms with E-state index in [0.717, 1.165) is 22.6 Å². The Kier molecular flexibility index (Phi) is 5.11. The van der Waals surface area contributed by atoms with Crippen LogP contribution in [0.3, 0.4) is 0 Å². The fraction of sp³-hybridized carbons (Fsp3) is 0.208. The molecule has 0 spiro atoms.